The van der Waals surface area contributed by atoms with Gasteiger partial charge in [0.05, 0.1) is 30.3 Å². The lowest BCUT2D eigenvalue weighted by atomic mass is 9.98. The molecule has 9 nitrogen and oxygen atoms in total. The molecule has 3 amide bonds. The van der Waals surface area contributed by atoms with Gasteiger partial charge < -0.3 is 20.9 Å². The molecule has 2 aromatic heterocycles. The van der Waals surface area contributed by atoms with Crippen molar-refractivity contribution in [2.45, 2.75) is 50.9 Å². The number of likely N-dealkylation sites (tertiary alicyclic amines) is 1. The molecule has 2 fully saturated rings. The first kappa shape index (κ1) is 30.5. The summed E-state index contributed by atoms with van der Waals surface area (Å²) in [5.41, 5.74) is 4.22. The first-order chi connectivity index (χ1) is 21.7. The van der Waals surface area contributed by atoms with Gasteiger partial charge in [0.25, 0.3) is 5.91 Å². The summed E-state index contributed by atoms with van der Waals surface area (Å²) in [6.07, 6.45) is 9.97. The van der Waals surface area contributed by atoms with Crippen molar-refractivity contribution in [3.05, 3.63) is 83.1 Å². The van der Waals surface area contributed by atoms with E-state index in [0.717, 1.165) is 41.9 Å². The van der Waals surface area contributed by atoms with E-state index in [1.807, 2.05) is 25.3 Å². The minimum Gasteiger partial charge on any atom is -0.348 e. The largest absolute Gasteiger partial charge is 0.348 e. The van der Waals surface area contributed by atoms with Gasteiger partial charge in [0, 0.05) is 24.5 Å². The minimum absolute atomic E-state index is 0.0536. The Morgan fingerprint density at radius 2 is 2.02 bits per heavy atom. The van der Waals surface area contributed by atoms with Crippen molar-refractivity contribution in [2.24, 2.45) is 5.92 Å². The lowest BCUT2D eigenvalue weighted by Gasteiger charge is -2.26. The van der Waals surface area contributed by atoms with Gasteiger partial charge >= 0.3 is 0 Å². The normalized spacial score (nSPS) is 20.7. The van der Waals surface area contributed by atoms with Crippen LogP contribution < -0.4 is 16.0 Å². The molecule has 0 bridgehead atoms. The van der Waals surface area contributed by atoms with Crippen LogP contribution in [0, 0.1) is 11.7 Å². The molecule has 3 aliphatic rings. The third kappa shape index (κ3) is 7.25. The second-order valence-electron chi connectivity index (χ2n) is 11.9. The second kappa shape index (κ2) is 13.2. The average molecular weight is 615 g/mol. The van der Waals surface area contributed by atoms with Gasteiger partial charge in [-0.25, -0.2) is 13.8 Å². The highest BCUT2D eigenvalue weighted by Gasteiger charge is 2.40. The summed E-state index contributed by atoms with van der Waals surface area (Å²) in [5, 5.41) is 9.43. The van der Waals surface area contributed by atoms with Crippen molar-refractivity contribution in [2.75, 3.05) is 26.2 Å². The molecule has 4 heterocycles. The summed E-state index contributed by atoms with van der Waals surface area (Å²) in [6, 6.07) is 7.58. The number of halogens is 2. The van der Waals surface area contributed by atoms with Crippen LogP contribution in [-0.4, -0.2) is 71.0 Å². The quantitative estimate of drug-likeness (QED) is 0.334. The number of hydrogen-bond donors (Lipinski definition) is 3. The molecule has 0 unspecified atom stereocenters. The summed E-state index contributed by atoms with van der Waals surface area (Å²) in [5.74, 6) is -1.49. The summed E-state index contributed by atoms with van der Waals surface area (Å²) in [4.78, 5) is 49.5. The van der Waals surface area contributed by atoms with Crippen molar-refractivity contribution in [1.82, 2.24) is 30.8 Å². The van der Waals surface area contributed by atoms with Crippen molar-refractivity contribution < 1.29 is 23.2 Å². The fourth-order valence-electron chi connectivity index (χ4n) is 5.81. The zero-order valence-electron chi connectivity index (χ0n) is 25.1. The number of aromatic nitrogens is 2. The Labute approximate surface area is 260 Å². The Hall–Kier alpha value is -4.51. The second-order valence-corrected chi connectivity index (χ2v) is 11.9. The first-order valence-corrected chi connectivity index (χ1v) is 15.4. The van der Waals surface area contributed by atoms with Crippen molar-refractivity contribution in [1.29, 1.82) is 0 Å². The van der Waals surface area contributed by atoms with Crippen LogP contribution in [-0.2, 0) is 9.59 Å². The molecular weight excluding hydrogens is 578 g/mol. The minimum atomic E-state index is -1.37. The van der Waals surface area contributed by atoms with Gasteiger partial charge in [-0.3, -0.25) is 19.4 Å². The van der Waals surface area contributed by atoms with Crippen molar-refractivity contribution in [3.63, 3.8) is 0 Å². The number of alkyl halides is 1. The molecule has 2 aliphatic heterocycles. The van der Waals surface area contributed by atoms with E-state index < -0.39 is 48.3 Å². The third-order valence-electron chi connectivity index (χ3n) is 8.48. The van der Waals surface area contributed by atoms with E-state index in [1.165, 1.54) is 42.0 Å². The van der Waals surface area contributed by atoms with Crippen LogP contribution >= 0.6 is 0 Å². The summed E-state index contributed by atoms with van der Waals surface area (Å²) < 4.78 is 28.1. The molecule has 6 rings (SSSR count). The number of nitrogens with zero attached hydrogens (tertiary/aromatic N) is 3. The van der Waals surface area contributed by atoms with Crippen LogP contribution in [0.3, 0.4) is 0 Å². The molecule has 0 radical (unpaired) electrons. The lowest BCUT2D eigenvalue weighted by molar-refractivity contribution is -0.138. The van der Waals surface area contributed by atoms with Crippen LogP contribution in [0.25, 0.3) is 22.6 Å². The van der Waals surface area contributed by atoms with Crippen molar-refractivity contribution >= 4 is 40.3 Å². The lowest BCUT2D eigenvalue weighted by Crippen LogP contribution is -2.49. The highest BCUT2D eigenvalue weighted by molar-refractivity contribution is 5.97. The molecule has 3 N–H and O–H groups in total. The van der Waals surface area contributed by atoms with E-state index in [4.69, 9.17) is 4.98 Å². The Morgan fingerprint density at radius 1 is 1.18 bits per heavy atom. The molecule has 3 aromatic rings. The van der Waals surface area contributed by atoms with E-state index in [0.29, 0.717) is 16.8 Å². The maximum Gasteiger partial charge on any atom is 0.270 e. The zero-order valence-corrected chi connectivity index (χ0v) is 25.1. The fraction of sp³-hybridized carbons (Fsp3) is 0.382. The highest BCUT2D eigenvalue weighted by atomic mass is 19.1. The molecule has 45 heavy (non-hydrogen) atoms. The fourth-order valence-corrected chi connectivity index (χ4v) is 5.81. The van der Waals surface area contributed by atoms with E-state index >= 15 is 0 Å². The van der Waals surface area contributed by atoms with Gasteiger partial charge in [0.2, 0.25) is 11.8 Å². The first-order valence-electron chi connectivity index (χ1n) is 15.4. The number of carbonyl (C=O) groups excluding carboxylic acids is 3. The van der Waals surface area contributed by atoms with Gasteiger partial charge in [0.15, 0.2) is 0 Å². The number of benzene rings is 1. The average Bonchev–Trinajstić information content (AvgIpc) is 3.80. The Morgan fingerprint density at radius 3 is 2.80 bits per heavy atom. The van der Waals surface area contributed by atoms with Crippen molar-refractivity contribution in [3.8, 4) is 0 Å². The predicted octanol–water partition coefficient (Wildman–Crippen LogP) is 4.12. The van der Waals surface area contributed by atoms with Crippen LogP contribution in [0.5, 0.6) is 0 Å². The number of amides is 3. The molecule has 1 aliphatic carbocycles. The number of rotatable bonds is 9. The number of allylic oxidation sites excluding steroid dienone is 1. The molecular formula is C34H36F2N6O3. The monoisotopic (exact) mass is 614 g/mol. The molecule has 1 saturated carbocycles. The summed E-state index contributed by atoms with van der Waals surface area (Å²) >= 11 is 0. The van der Waals surface area contributed by atoms with Crippen LogP contribution in [0.15, 0.2) is 54.7 Å². The van der Waals surface area contributed by atoms with Gasteiger partial charge in [-0.15, -0.1) is 0 Å². The molecule has 0 spiro atoms. The maximum atomic E-state index is 14.6. The Balaban J connectivity index is 1.13. The zero-order chi connectivity index (χ0) is 31.5. The molecule has 234 valence electrons. The molecule has 3 atom stereocenters. The smallest absolute Gasteiger partial charge is 0.270 e. The van der Waals surface area contributed by atoms with Crippen LogP contribution in [0.2, 0.25) is 0 Å². The predicted molar refractivity (Wildman–Crippen MR) is 167 cm³/mol. The standard InChI is InChI=1S/C34H36F2N6O3/c1-20(27-15-30(24-3-2-12-37-16-24)38-17-23(27)7-6-21-4-5-21)40-34(45)31-14-26(36)19-42(31)32(43)18-39-33(44)29-10-8-22-13-25(35)9-11-28(22)41-29/h3,6-11,13,15,17,20-21,26,31,37H,2,4-5,12,14,16,18-19H2,1H3,(H,39,44)(H,40,45)/b7-6+/t20-,26+,31-/m0/s1. The number of pyridine rings is 2. The number of fused-ring (bicyclic) bond motifs is 1. The SMILES string of the molecule is C[C@H](NC(=O)[C@@H]1C[C@@H](F)CN1C(=O)CNC(=O)c1ccc2cc(F)ccc2n1)c1cc(C2=CCCNC2)ncc1/C=C/C1CC1. The van der Waals surface area contributed by atoms with E-state index in [-0.39, 0.29) is 18.7 Å². The molecule has 11 heteroatoms. The van der Waals surface area contributed by atoms with E-state index in [1.54, 1.807) is 6.07 Å². The van der Waals surface area contributed by atoms with Gasteiger partial charge in [0.1, 0.15) is 23.7 Å². The Kier molecular flexibility index (Phi) is 8.97. The molecule has 1 saturated heterocycles. The van der Waals surface area contributed by atoms with E-state index in [9.17, 15) is 23.2 Å². The summed E-state index contributed by atoms with van der Waals surface area (Å²) in [7, 11) is 0. The number of hydrogen-bond acceptors (Lipinski definition) is 6. The number of nitrogens with one attached hydrogen (secondary N) is 3. The highest BCUT2D eigenvalue weighted by Crippen LogP contribution is 2.32. The topological polar surface area (TPSA) is 116 Å². The number of carbonyl (C=O) groups is 3. The van der Waals surface area contributed by atoms with Gasteiger partial charge in [-0.1, -0.05) is 24.3 Å². The van der Waals surface area contributed by atoms with Gasteiger partial charge in [-0.2, -0.15) is 0 Å². The van der Waals surface area contributed by atoms with Crippen LogP contribution in [0.4, 0.5) is 8.78 Å². The third-order valence-corrected chi connectivity index (χ3v) is 8.48. The summed E-state index contributed by atoms with van der Waals surface area (Å²) in [6.45, 7) is 2.84. The molecule has 1 aromatic carbocycles. The van der Waals surface area contributed by atoms with E-state index in [2.05, 4.69) is 33.1 Å². The van der Waals surface area contributed by atoms with Crippen LogP contribution in [0.1, 0.15) is 66.0 Å². The maximum absolute atomic E-state index is 14.6. The Bertz CT molecular complexity index is 1690. The van der Waals surface area contributed by atoms with Gasteiger partial charge in [-0.05, 0) is 85.7 Å².